The van der Waals surface area contributed by atoms with E-state index in [1.54, 1.807) is 19.2 Å². The Balaban J connectivity index is 2.33. The third-order valence-electron chi connectivity index (χ3n) is 2.31. The largest absolute Gasteiger partial charge is 0.496 e. The topological polar surface area (TPSA) is 47.6 Å². The second kappa shape index (κ2) is 4.11. The molecule has 2 rings (SSSR count). The van der Waals surface area contributed by atoms with Crippen LogP contribution in [0, 0.1) is 0 Å². The van der Waals surface area contributed by atoms with Crippen LogP contribution in [0.25, 0.3) is 0 Å². The number of nitrogens with two attached hydrogens (primary N) is 1. The summed E-state index contributed by atoms with van der Waals surface area (Å²) in [5, 5.41) is 0.634. The summed E-state index contributed by atoms with van der Waals surface area (Å²) >= 11 is 5.86. The van der Waals surface area contributed by atoms with Gasteiger partial charge in [0, 0.05) is 5.02 Å². The molecule has 0 amide bonds. The quantitative estimate of drug-likeness (QED) is 0.632. The monoisotopic (exact) mass is 224 g/mol. The Labute approximate surface area is 93.9 Å². The van der Waals surface area contributed by atoms with Gasteiger partial charge in [0.2, 0.25) is 0 Å². The molecule has 1 aliphatic carbocycles. The maximum Gasteiger partial charge on any atom is 0.131 e. The minimum Gasteiger partial charge on any atom is -0.496 e. The Morgan fingerprint density at radius 3 is 2.87 bits per heavy atom. The first-order valence-corrected chi connectivity index (χ1v) is 5.25. The Kier molecular flexibility index (Phi) is 2.82. The first-order valence-electron chi connectivity index (χ1n) is 4.88. The van der Waals surface area contributed by atoms with Crippen molar-refractivity contribution in [2.24, 2.45) is 10.7 Å². The molecule has 3 nitrogen and oxygen atoms in total. The van der Waals surface area contributed by atoms with Crippen molar-refractivity contribution in [2.75, 3.05) is 7.11 Å². The van der Waals surface area contributed by atoms with Crippen LogP contribution in [0.2, 0.25) is 5.02 Å². The number of aliphatic imine (C=N–C) groups is 1. The molecule has 0 spiro atoms. The molecule has 0 bridgehead atoms. The number of amidine groups is 1. The Hall–Kier alpha value is -1.22. The van der Waals surface area contributed by atoms with E-state index in [0.29, 0.717) is 22.6 Å². The predicted molar refractivity (Wildman–Crippen MR) is 61.8 cm³/mol. The molecule has 1 fully saturated rings. The summed E-state index contributed by atoms with van der Waals surface area (Å²) in [6.45, 7) is 0. The Morgan fingerprint density at radius 1 is 1.53 bits per heavy atom. The van der Waals surface area contributed by atoms with E-state index in [9.17, 15) is 0 Å². The van der Waals surface area contributed by atoms with E-state index < -0.39 is 0 Å². The van der Waals surface area contributed by atoms with Gasteiger partial charge in [-0.05, 0) is 31.0 Å². The van der Waals surface area contributed by atoms with Gasteiger partial charge in [-0.3, -0.25) is 4.99 Å². The molecule has 1 aromatic rings. The lowest BCUT2D eigenvalue weighted by molar-refractivity contribution is 0.414. The van der Waals surface area contributed by atoms with Gasteiger partial charge >= 0.3 is 0 Å². The van der Waals surface area contributed by atoms with E-state index in [1.165, 1.54) is 0 Å². The Morgan fingerprint density at radius 2 is 2.27 bits per heavy atom. The minimum absolute atomic E-state index is 0.408. The van der Waals surface area contributed by atoms with Crippen LogP contribution in [0.15, 0.2) is 23.2 Å². The van der Waals surface area contributed by atoms with Crippen molar-refractivity contribution in [3.8, 4) is 5.75 Å². The molecule has 80 valence electrons. The SMILES string of the molecule is COc1cc(Cl)ccc1C(N)=NC1CC1. The van der Waals surface area contributed by atoms with Crippen molar-refractivity contribution < 1.29 is 4.74 Å². The van der Waals surface area contributed by atoms with Crippen LogP contribution < -0.4 is 10.5 Å². The van der Waals surface area contributed by atoms with Crippen molar-refractivity contribution in [3.05, 3.63) is 28.8 Å². The molecule has 2 N–H and O–H groups in total. The number of hydrogen-bond donors (Lipinski definition) is 1. The summed E-state index contributed by atoms with van der Waals surface area (Å²) in [7, 11) is 1.60. The van der Waals surface area contributed by atoms with Crippen LogP contribution in [-0.2, 0) is 0 Å². The average molecular weight is 225 g/mol. The average Bonchev–Trinajstić information content (AvgIpc) is 3.01. The zero-order valence-electron chi connectivity index (χ0n) is 8.53. The van der Waals surface area contributed by atoms with Gasteiger partial charge in [-0.25, -0.2) is 0 Å². The number of methoxy groups -OCH3 is 1. The second-order valence-electron chi connectivity index (χ2n) is 3.59. The number of nitrogens with zero attached hydrogens (tertiary/aromatic N) is 1. The van der Waals surface area contributed by atoms with Crippen LogP contribution in [-0.4, -0.2) is 19.0 Å². The van der Waals surface area contributed by atoms with E-state index in [1.807, 2.05) is 6.07 Å². The fourth-order valence-corrected chi connectivity index (χ4v) is 1.51. The summed E-state index contributed by atoms with van der Waals surface area (Å²) in [5.41, 5.74) is 6.70. The lowest BCUT2D eigenvalue weighted by Crippen LogP contribution is -2.15. The highest BCUT2D eigenvalue weighted by Crippen LogP contribution is 2.27. The van der Waals surface area contributed by atoms with Gasteiger partial charge in [-0.1, -0.05) is 11.6 Å². The van der Waals surface area contributed by atoms with E-state index >= 15 is 0 Å². The second-order valence-corrected chi connectivity index (χ2v) is 4.03. The minimum atomic E-state index is 0.408. The standard InChI is InChI=1S/C11H13ClN2O/c1-15-10-6-7(12)2-5-9(10)11(13)14-8-3-4-8/h2,5-6,8H,3-4H2,1H3,(H2,13,14). The van der Waals surface area contributed by atoms with Gasteiger partial charge in [0.1, 0.15) is 11.6 Å². The van der Waals surface area contributed by atoms with Crippen molar-refractivity contribution in [1.82, 2.24) is 0 Å². The predicted octanol–water partition coefficient (Wildman–Crippen LogP) is 2.22. The number of rotatable bonds is 3. The highest BCUT2D eigenvalue weighted by molar-refractivity contribution is 6.30. The Bertz CT molecular complexity index is 400. The van der Waals surface area contributed by atoms with E-state index in [4.69, 9.17) is 22.1 Å². The molecule has 0 aliphatic heterocycles. The molecule has 0 saturated heterocycles. The molecular formula is C11H13ClN2O. The van der Waals surface area contributed by atoms with Gasteiger partial charge in [0.15, 0.2) is 0 Å². The number of halogens is 1. The number of hydrogen-bond acceptors (Lipinski definition) is 2. The smallest absolute Gasteiger partial charge is 0.131 e. The van der Waals surface area contributed by atoms with Crippen LogP contribution in [0.4, 0.5) is 0 Å². The van der Waals surface area contributed by atoms with Crippen molar-refractivity contribution >= 4 is 17.4 Å². The van der Waals surface area contributed by atoms with Crippen LogP contribution in [0.3, 0.4) is 0 Å². The summed E-state index contributed by atoms with van der Waals surface area (Å²) in [4.78, 5) is 4.37. The van der Waals surface area contributed by atoms with Crippen molar-refractivity contribution in [1.29, 1.82) is 0 Å². The molecular weight excluding hydrogens is 212 g/mol. The summed E-state index contributed by atoms with van der Waals surface area (Å²) in [5.74, 6) is 1.20. The molecule has 0 aromatic heterocycles. The van der Waals surface area contributed by atoms with Gasteiger partial charge in [0.25, 0.3) is 0 Å². The summed E-state index contributed by atoms with van der Waals surface area (Å²) in [6, 6.07) is 5.77. The van der Waals surface area contributed by atoms with Gasteiger partial charge in [-0.2, -0.15) is 0 Å². The van der Waals surface area contributed by atoms with Crippen LogP contribution in [0.5, 0.6) is 5.75 Å². The molecule has 1 aliphatic rings. The van der Waals surface area contributed by atoms with Gasteiger partial charge in [0.05, 0.1) is 18.7 Å². The molecule has 15 heavy (non-hydrogen) atoms. The summed E-state index contributed by atoms with van der Waals surface area (Å²) < 4.78 is 5.20. The highest BCUT2D eigenvalue weighted by atomic mass is 35.5. The normalized spacial score (nSPS) is 16.5. The molecule has 0 radical (unpaired) electrons. The molecule has 0 atom stereocenters. The van der Waals surface area contributed by atoms with E-state index in [-0.39, 0.29) is 0 Å². The maximum absolute atomic E-state index is 5.89. The lowest BCUT2D eigenvalue weighted by atomic mass is 10.2. The van der Waals surface area contributed by atoms with Crippen LogP contribution in [0.1, 0.15) is 18.4 Å². The zero-order chi connectivity index (χ0) is 10.8. The van der Waals surface area contributed by atoms with Gasteiger partial charge in [-0.15, -0.1) is 0 Å². The summed E-state index contributed by atoms with van der Waals surface area (Å²) in [6.07, 6.45) is 2.27. The molecule has 4 heteroatoms. The first kappa shape index (κ1) is 10.3. The molecule has 1 saturated carbocycles. The zero-order valence-corrected chi connectivity index (χ0v) is 9.29. The molecule has 0 heterocycles. The highest BCUT2D eigenvalue weighted by Gasteiger charge is 2.21. The van der Waals surface area contributed by atoms with Gasteiger partial charge < -0.3 is 10.5 Å². The van der Waals surface area contributed by atoms with Crippen molar-refractivity contribution in [2.45, 2.75) is 18.9 Å². The molecule has 1 aromatic carbocycles. The maximum atomic E-state index is 5.89. The fraction of sp³-hybridized carbons (Fsp3) is 0.364. The van der Waals surface area contributed by atoms with E-state index in [0.717, 1.165) is 18.4 Å². The van der Waals surface area contributed by atoms with Crippen LogP contribution >= 0.6 is 11.6 Å². The molecule has 0 unspecified atom stereocenters. The number of benzene rings is 1. The third kappa shape index (κ3) is 2.42. The number of ether oxygens (including phenoxy) is 1. The third-order valence-corrected chi connectivity index (χ3v) is 2.54. The van der Waals surface area contributed by atoms with E-state index in [2.05, 4.69) is 4.99 Å². The first-order chi connectivity index (χ1) is 7.20. The van der Waals surface area contributed by atoms with Crippen molar-refractivity contribution in [3.63, 3.8) is 0 Å². The fourth-order valence-electron chi connectivity index (χ4n) is 1.35. The lowest BCUT2D eigenvalue weighted by Gasteiger charge is -2.08.